The van der Waals surface area contributed by atoms with E-state index in [2.05, 4.69) is 5.32 Å². The Morgan fingerprint density at radius 1 is 1.50 bits per heavy atom. The normalized spacial score (nSPS) is 22.8. The number of phenolic OH excluding ortho intramolecular Hbond substituents is 1. The number of aromatic hydroxyl groups is 1. The van der Waals surface area contributed by atoms with Gasteiger partial charge in [0, 0.05) is 6.04 Å². The lowest BCUT2D eigenvalue weighted by Crippen LogP contribution is -2.37. The van der Waals surface area contributed by atoms with Crippen LogP contribution in [0.4, 0.5) is 10.1 Å². The van der Waals surface area contributed by atoms with Gasteiger partial charge in [0.25, 0.3) is 5.91 Å². The van der Waals surface area contributed by atoms with Crippen LogP contribution in [0.1, 0.15) is 30.9 Å². The first-order valence-electron chi connectivity index (χ1n) is 8.47. The summed E-state index contributed by atoms with van der Waals surface area (Å²) >= 11 is 0. The second-order valence-electron chi connectivity index (χ2n) is 6.76. The summed E-state index contributed by atoms with van der Waals surface area (Å²) in [4.78, 5) is 11.4. The summed E-state index contributed by atoms with van der Waals surface area (Å²) in [6.07, 6.45) is 1.77. The van der Waals surface area contributed by atoms with Gasteiger partial charge in [-0.25, -0.2) is 13.4 Å². The number of aliphatic hydroxyl groups is 1. The predicted molar refractivity (Wildman–Crippen MR) is 92.6 cm³/mol. The molecule has 0 aromatic heterocycles. The summed E-state index contributed by atoms with van der Waals surface area (Å²) < 4.78 is 41.4. The Bertz CT molecular complexity index is 828. The van der Waals surface area contributed by atoms with E-state index in [1.165, 1.54) is 6.07 Å². The maximum Gasteiger partial charge on any atom is 0.326 e. The van der Waals surface area contributed by atoms with Crippen LogP contribution < -0.4 is 14.3 Å². The number of aryl methyl sites for hydroxylation is 1. The topological polar surface area (TPSA) is 119 Å². The lowest BCUT2D eigenvalue weighted by molar-refractivity contribution is -0.117. The van der Waals surface area contributed by atoms with Crippen molar-refractivity contribution in [3.63, 3.8) is 0 Å². The number of carbonyl (C=O) groups excluding carboxylic acids is 1. The highest BCUT2D eigenvalue weighted by Crippen LogP contribution is 2.39. The highest BCUT2D eigenvalue weighted by molar-refractivity contribution is 7.92. The molecule has 1 aliphatic heterocycles. The molecule has 1 unspecified atom stereocenters. The molecular weight excluding hydrogens is 365 g/mol. The third-order valence-electron chi connectivity index (χ3n) is 4.69. The number of phenols is 1. The lowest BCUT2D eigenvalue weighted by atomic mass is 9.87. The van der Waals surface area contributed by atoms with Gasteiger partial charge in [-0.05, 0) is 56.3 Å². The molecule has 8 nitrogen and oxygen atoms in total. The number of benzene rings is 1. The van der Waals surface area contributed by atoms with Gasteiger partial charge >= 0.3 is 10.2 Å². The number of hydrogen-bond acceptors (Lipinski definition) is 6. The molecular formula is C16H22FN3O5S. The second kappa shape index (κ2) is 7.01. The van der Waals surface area contributed by atoms with Crippen LogP contribution in [0.5, 0.6) is 5.75 Å². The highest BCUT2D eigenvalue weighted by atomic mass is 32.2. The molecule has 0 spiro atoms. The van der Waals surface area contributed by atoms with Gasteiger partial charge in [0.1, 0.15) is 18.0 Å². The standard InChI is InChI=1S/C16H22FN3O5S/c1-9(21)4-5-18-11-3-2-10-6-13(22)16(15(17)12(10)7-11)20-8-14(23)19-26(20,24)25/h6,9,11,18,21-22H,2-5,7-8H2,1H3,(H,19,23)/t9?,11-/m1/s1. The fourth-order valence-electron chi connectivity index (χ4n) is 3.39. The largest absolute Gasteiger partial charge is 0.506 e. The van der Waals surface area contributed by atoms with E-state index in [0.29, 0.717) is 41.2 Å². The monoisotopic (exact) mass is 387 g/mol. The van der Waals surface area contributed by atoms with Crippen molar-refractivity contribution < 1.29 is 27.8 Å². The van der Waals surface area contributed by atoms with E-state index < -0.39 is 46.0 Å². The van der Waals surface area contributed by atoms with Crippen molar-refractivity contribution in [1.82, 2.24) is 10.0 Å². The van der Waals surface area contributed by atoms with Crippen LogP contribution in [0, 0.1) is 5.82 Å². The van der Waals surface area contributed by atoms with E-state index in [0.717, 1.165) is 6.42 Å². The molecule has 1 aromatic rings. The van der Waals surface area contributed by atoms with Gasteiger partial charge in [-0.2, -0.15) is 8.42 Å². The van der Waals surface area contributed by atoms with Crippen molar-refractivity contribution in [3.8, 4) is 5.75 Å². The Labute approximate surface area is 151 Å². The minimum atomic E-state index is -4.21. The average molecular weight is 387 g/mol. The van der Waals surface area contributed by atoms with Crippen LogP contribution in [0.2, 0.25) is 0 Å². The zero-order valence-corrected chi connectivity index (χ0v) is 15.1. The first kappa shape index (κ1) is 18.9. The smallest absolute Gasteiger partial charge is 0.326 e. The molecule has 1 amide bonds. The maximum atomic E-state index is 15.1. The Hall–Kier alpha value is -1.91. The van der Waals surface area contributed by atoms with E-state index in [4.69, 9.17) is 0 Å². The summed E-state index contributed by atoms with van der Waals surface area (Å²) in [5, 5.41) is 22.7. The Morgan fingerprint density at radius 3 is 2.85 bits per heavy atom. The molecule has 1 aliphatic carbocycles. The van der Waals surface area contributed by atoms with Crippen molar-refractivity contribution in [1.29, 1.82) is 0 Å². The molecule has 1 fully saturated rings. The van der Waals surface area contributed by atoms with Gasteiger partial charge < -0.3 is 15.5 Å². The molecule has 0 bridgehead atoms. The van der Waals surface area contributed by atoms with Gasteiger partial charge in [0.2, 0.25) is 0 Å². The van der Waals surface area contributed by atoms with E-state index in [-0.39, 0.29) is 6.04 Å². The first-order chi connectivity index (χ1) is 12.2. The van der Waals surface area contributed by atoms with Crippen molar-refractivity contribution in [3.05, 3.63) is 23.0 Å². The number of hydrogen-bond donors (Lipinski definition) is 4. The number of aliphatic hydroxyl groups excluding tert-OH is 1. The predicted octanol–water partition coefficient (Wildman–Crippen LogP) is -0.0699. The number of nitrogens with zero attached hydrogens (tertiary/aromatic N) is 1. The summed E-state index contributed by atoms with van der Waals surface area (Å²) in [5.41, 5.74) is 0.480. The van der Waals surface area contributed by atoms with Crippen LogP contribution in [0.3, 0.4) is 0 Å². The molecule has 1 saturated heterocycles. The summed E-state index contributed by atoms with van der Waals surface area (Å²) in [6.45, 7) is 1.71. The number of rotatable bonds is 5. The SMILES string of the molecule is CC(O)CCN[C@@H]1CCc2cc(O)c(N3CC(=O)NS3(=O)=O)c(F)c2C1. The third kappa shape index (κ3) is 3.62. The van der Waals surface area contributed by atoms with Gasteiger partial charge in [0.15, 0.2) is 5.82 Å². The van der Waals surface area contributed by atoms with E-state index in [1.807, 2.05) is 0 Å². The second-order valence-corrected chi connectivity index (χ2v) is 8.36. The number of halogens is 1. The molecule has 3 rings (SSSR count). The first-order valence-corrected chi connectivity index (χ1v) is 9.91. The molecule has 144 valence electrons. The zero-order chi connectivity index (χ0) is 19.1. The highest BCUT2D eigenvalue weighted by Gasteiger charge is 2.39. The van der Waals surface area contributed by atoms with Crippen LogP contribution in [0.15, 0.2) is 6.07 Å². The van der Waals surface area contributed by atoms with Crippen molar-refractivity contribution in [2.45, 2.75) is 44.8 Å². The Morgan fingerprint density at radius 2 is 2.23 bits per heavy atom. The molecule has 0 radical (unpaired) electrons. The quantitative estimate of drug-likeness (QED) is 0.562. The minimum absolute atomic E-state index is 0.0110. The summed E-state index contributed by atoms with van der Waals surface area (Å²) in [5.74, 6) is -2.09. The molecule has 26 heavy (non-hydrogen) atoms. The number of amides is 1. The fourth-order valence-corrected chi connectivity index (χ4v) is 4.56. The van der Waals surface area contributed by atoms with Crippen LogP contribution >= 0.6 is 0 Å². The zero-order valence-electron chi connectivity index (χ0n) is 14.3. The molecule has 2 atom stereocenters. The molecule has 10 heteroatoms. The number of carbonyl (C=O) groups is 1. The van der Waals surface area contributed by atoms with Gasteiger partial charge in [-0.15, -0.1) is 0 Å². The average Bonchev–Trinajstić information content (AvgIpc) is 2.80. The Balaban J connectivity index is 1.88. The van der Waals surface area contributed by atoms with E-state index in [9.17, 15) is 23.4 Å². The molecule has 0 saturated carbocycles. The van der Waals surface area contributed by atoms with E-state index in [1.54, 1.807) is 11.6 Å². The molecule has 1 aromatic carbocycles. The Kier molecular flexibility index (Phi) is 5.09. The van der Waals surface area contributed by atoms with Gasteiger partial charge in [-0.3, -0.25) is 4.79 Å². The summed E-state index contributed by atoms with van der Waals surface area (Å²) in [6, 6.07) is 1.36. The van der Waals surface area contributed by atoms with Gasteiger partial charge in [0.05, 0.1) is 6.10 Å². The number of fused-ring (bicyclic) bond motifs is 1. The minimum Gasteiger partial charge on any atom is -0.506 e. The third-order valence-corrected chi connectivity index (χ3v) is 6.07. The van der Waals surface area contributed by atoms with Gasteiger partial charge in [-0.1, -0.05) is 0 Å². The van der Waals surface area contributed by atoms with E-state index >= 15 is 4.39 Å². The maximum absolute atomic E-state index is 15.1. The van der Waals surface area contributed by atoms with Crippen molar-refractivity contribution in [2.75, 3.05) is 17.4 Å². The molecule has 1 heterocycles. The molecule has 2 aliphatic rings. The lowest BCUT2D eigenvalue weighted by Gasteiger charge is -2.28. The van der Waals surface area contributed by atoms with Crippen LogP contribution in [0.25, 0.3) is 0 Å². The van der Waals surface area contributed by atoms with Crippen LogP contribution in [-0.4, -0.2) is 49.8 Å². The van der Waals surface area contributed by atoms with Crippen molar-refractivity contribution in [2.24, 2.45) is 0 Å². The summed E-state index contributed by atoms with van der Waals surface area (Å²) in [7, 11) is -4.21. The number of anilines is 1. The van der Waals surface area contributed by atoms with Crippen molar-refractivity contribution >= 4 is 21.8 Å². The number of nitrogens with one attached hydrogen (secondary N) is 2. The molecule has 4 N–H and O–H groups in total. The fraction of sp³-hybridized carbons (Fsp3) is 0.562. The van der Waals surface area contributed by atoms with Crippen LogP contribution in [-0.2, 0) is 27.8 Å².